The van der Waals surface area contributed by atoms with E-state index in [1.54, 1.807) is 7.11 Å². The fourth-order valence-corrected chi connectivity index (χ4v) is 3.27. The van der Waals surface area contributed by atoms with Gasteiger partial charge in [-0.1, -0.05) is 37.8 Å². The molecule has 1 atom stereocenters. The zero-order valence-corrected chi connectivity index (χ0v) is 12.7. The van der Waals surface area contributed by atoms with Gasteiger partial charge >= 0.3 is 0 Å². The molecule has 1 fully saturated rings. The van der Waals surface area contributed by atoms with Crippen molar-refractivity contribution in [2.45, 2.75) is 57.1 Å². The van der Waals surface area contributed by atoms with Crippen LogP contribution in [0.3, 0.4) is 0 Å². The first-order chi connectivity index (χ1) is 9.72. The molecule has 112 valence electrons. The SMILES string of the molecule is CCOC1(C(N)c2ccc(OC)cc2)CCCCCC1. The fraction of sp³-hybridized carbons (Fsp3) is 0.647. The third-order valence-electron chi connectivity index (χ3n) is 4.42. The Morgan fingerprint density at radius 2 is 1.70 bits per heavy atom. The van der Waals surface area contributed by atoms with Crippen molar-refractivity contribution >= 4 is 0 Å². The van der Waals surface area contributed by atoms with Crippen LogP contribution in [-0.4, -0.2) is 19.3 Å². The average molecular weight is 277 g/mol. The van der Waals surface area contributed by atoms with Gasteiger partial charge in [0.1, 0.15) is 5.75 Å². The molecule has 1 aliphatic carbocycles. The summed E-state index contributed by atoms with van der Waals surface area (Å²) in [4.78, 5) is 0. The van der Waals surface area contributed by atoms with E-state index in [1.807, 2.05) is 12.1 Å². The van der Waals surface area contributed by atoms with Crippen LogP contribution in [0.4, 0.5) is 0 Å². The fourth-order valence-electron chi connectivity index (χ4n) is 3.27. The minimum Gasteiger partial charge on any atom is -0.497 e. The van der Waals surface area contributed by atoms with Gasteiger partial charge in [-0.05, 0) is 37.5 Å². The smallest absolute Gasteiger partial charge is 0.118 e. The molecule has 0 spiro atoms. The molecule has 0 aliphatic heterocycles. The number of benzene rings is 1. The Labute approximate surface area is 122 Å². The van der Waals surface area contributed by atoms with Crippen LogP contribution in [0.2, 0.25) is 0 Å². The zero-order chi connectivity index (χ0) is 14.4. The highest BCUT2D eigenvalue weighted by Crippen LogP contribution is 2.39. The second-order valence-electron chi connectivity index (χ2n) is 5.66. The van der Waals surface area contributed by atoms with E-state index in [9.17, 15) is 0 Å². The van der Waals surface area contributed by atoms with Gasteiger partial charge in [-0.2, -0.15) is 0 Å². The zero-order valence-electron chi connectivity index (χ0n) is 12.7. The summed E-state index contributed by atoms with van der Waals surface area (Å²) in [6.45, 7) is 2.79. The van der Waals surface area contributed by atoms with Crippen LogP contribution in [0.25, 0.3) is 0 Å². The molecule has 0 amide bonds. The van der Waals surface area contributed by atoms with Gasteiger partial charge in [0.15, 0.2) is 0 Å². The molecule has 1 saturated carbocycles. The normalized spacial score (nSPS) is 20.1. The minimum absolute atomic E-state index is 0.0635. The third-order valence-corrected chi connectivity index (χ3v) is 4.42. The average Bonchev–Trinajstić information content (AvgIpc) is 2.73. The Morgan fingerprint density at radius 1 is 1.10 bits per heavy atom. The van der Waals surface area contributed by atoms with E-state index in [4.69, 9.17) is 15.2 Å². The number of hydrogen-bond donors (Lipinski definition) is 1. The van der Waals surface area contributed by atoms with E-state index in [0.29, 0.717) is 0 Å². The van der Waals surface area contributed by atoms with Crippen LogP contribution in [0, 0.1) is 0 Å². The van der Waals surface area contributed by atoms with Gasteiger partial charge in [-0.25, -0.2) is 0 Å². The first-order valence-electron chi connectivity index (χ1n) is 7.75. The van der Waals surface area contributed by atoms with Crippen LogP contribution in [0.1, 0.15) is 57.1 Å². The van der Waals surface area contributed by atoms with Crippen molar-refractivity contribution in [3.63, 3.8) is 0 Å². The lowest BCUT2D eigenvalue weighted by molar-refractivity contribution is -0.0696. The second-order valence-corrected chi connectivity index (χ2v) is 5.66. The molecular formula is C17H27NO2. The summed E-state index contributed by atoms with van der Waals surface area (Å²) in [7, 11) is 1.68. The Kier molecular flexibility index (Phi) is 5.44. The molecule has 0 heterocycles. The maximum atomic E-state index is 6.59. The van der Waals surface area contributed by atoms with Gasteiger partial charge < -0.3 is 15.2 Å². The summed E-state index contributed by atoms with van der Waals surface area (Å²) < 4.78 is 11.4. The lowest BCUT2D eigenvalue weighted by Crippen LogP contribution is -2.43. The molecule has 0 aromatic heterocycles. The summed E-state index contributed by atoms with van der Waals surface area (Å²) in [6, 6.07) is 8.02. The van der Waals surface area contributed by atoms with Gasteiger partial charge in [0, 0.05) is 6.61 Å². The van der Waals surface area contributed by atoms with Crippen molar-refractivity contribution in [1.82, 2.24) is 0 Å². The van der Waals surface area contributed by atoms with Gasteiger partial charge in [-0.15, -0.1) is 0 Å². The second kappa shape index (κ2) is 7.09. The van der Waals surface area contributed by atoms with Gasteiger partial charge in [0.2, 0.25) is 0 Å². The topological polar surface area (TPSA) is 44.5 Å². The Hall–Kier alpha value is -1.06. The number of methoxy groups -OCH3 is 1. The van der Waals surface area contributed by atoms with Crippen molar-refractivity contribution in [2.24, 2.45) is 5.73 Å². The quantitative estimate of drug-likeness (QED) is 0.832. The van der Waals surface area contributed by atoms with Crippen LogP contribution < -0.4 is 10.5 Å². The number of rotatable bonds is 5. The molecule has 3 heteroatoms. The van der Waals surface area contributed by atoms with Crippen LogP contribution in [0.15, 0.2) is 24.3 Å². The molecule has 20 heavy (non-hydrogen) atoms. The molecule has 1 aromatic carbocycles. The summed E-state index contributed by atoms with van der Waals surface area (Å²) >= 11 is 0. The van der Waals surface area contributed by atoms with Crippen LogP contribution >= 0.6 is 0 Å². The highest BCUT2D eigenvalue weighted by atomic mass is 16.5. The summed E-state index contributed by atoms with van der Waals surface area (Å²) in [5.41, 5.74) is 7.53. The van der Waals surface area contributed by atoms with Crippen LogP contribution in [0.5, 0.6) is 5.75 Å². The van der Waals surface area contributed by atoms with E-state index in [-0.39, 0.29) is 11.6 Å². The molecule has 3 nitrogen and oxygen atoms in total. The van der Waals surface area contributed by atoms with Gasteiger partial charge in [-0.3, -0.25) is 0 Å². The third kappa shape index (κ3) is 3.33. The molecule has 1 aromatic rings. The highest BCUT2D eigenvalue weighted by molar-refractivity contribution is 5.30. The summed E-state index contributed by atoms with van der Waals surface area (Å²) in [6.07, 6.45) is 7.14. The summed E-state index contributed by atoms with van der Waals surface area (Å²) in [5.74, 6) is 0.868. The molecule has 1 unspecified atom stereocenters. The van der Waals surface area contributed by atoms with Crippen molar-refractivity contribution in [1.29, 1.82) is 0 Å². The summed E-state index contributed by atoms with van der Waals surface area (Å²) in [5, 5.41) is 0. The van der Waals surface area contributed by atoms with Crippen molar-refractivity contribution < 1.29 is 9.47 Å². The monoisotopic (exact) mass is 277 g/mol. The predicted molar refractivity (Wildman–Crippen MR) is 82.0 cm³/mol. The van der Waals surface area contributed by atoms with E-state index in [1.165, 1.54) is 25.7 Å². The molecular weight excluding hydrogens is 250 g/mol. The van der Waals surface area contributed by atoms with E-state index in [0.717, 1.165) is 30.8 Å². The molecule has 2 rings (SSSR count). The molecule has 0 bridgehead atoms. The van der Waals surface area contributed by atoms with E-state index in [2.05, 4.69) is 19.1 Å². The van der Waals surface area contributed by atoms with E-state index < -0.39 is 0 Å². The maximum absolute atomic E-state index is 6.59. The lowest BCUT2D eigenvalue weighted by Gasteiger charge is -2.38. The van der Waals surface area contributed by atoms with Gasteiger partial charge in [0.05, 0.1) is 18.8 Å². The molecule has 2 N–H and O–H groups in total. The minimum atomic E-state index is -0.195. The Balaban J connectivity index is 2.21. The predicted octanol–water partition coefficient (Wildman–Crippen LogP) is 3.82. The highest BCUT2D eigenvalue weighted by Gasteiger charge is 2.38. The first kappa shape index (κ1) is 15.3. The van der Waals surface area contributed by atoms with Crippen molar-refractivity contribution in [2.75, 3.05) is 13.7 Å². The number of hydrogen-bond acceptors (Lipinski definition) is 3. The first-order valence-corrected chi connectivity index (χ1v) is 7.75. The lowest BCUT2D eigenvalue weighted by atomic mass is 9.82. The largest absolute Gasteiger partial charge is 0.497 e. The molecule has 0 radical (unpaired) electrons. The number of nitrogens with two attached hydrogens (primary N) is 1. The van der Waals surface area contributed by atoms with Gasteiger partial charge in [0.25, 0.3) is 0 Å². The van der Waals surface area contributed by atoms with Crippen LogP contribution in [-0.2, 0) is 4.74 Å². The van der Waals surface area contributed by atoms with Crippen molar-refractivity contribution in [3.05, 3.63) is 29.8 Å². The molecule has 1 aliphatic rings. The van der Waals surface area contributed by atoms with E-state index >= 15 is 0 Å². The standard InChI is InChI=1S/C17H27NO2/c1-3-20-17(12-6-4-5-7-13-17)16(18)14-8-10-15(19-2)11-9-14/h8-11,16H,3-7,12-13,18H2,1-2H3. The van der Waals surface area contributed by atoms with Crippen molar-refractivity contribution in [3.8, 4) is 5.75 Å². The Morgan fingerprint density at radius 3 is 2.20 bits per heavy atom. The molecule has 0 saturated heterocycles. The Bertz CT molecular complexity index is 394. The number of ether oxygens (including phenoxy) is 2. The maximum Gasteiger partial charge on any atom is 0.118 e.